The summed E-state index contributed by atoms with van der Waals surface area (Å²) >= 11 is 0. The molecule has 1 heterocycles. The molecule has 1 aromatic heterocycles. The highest BCUT2D eigenvalue weighted by molar-refractivity contribution is 5.77. The minimum atomic E-state index is 0.733. The molecular weight excluding hydrogens is 310 g/mol. The van der Waals surface area contributed by atoms with Crippen molar-refractivity contribution in [2.45, 2.75) is 0 Å². The van der Waals surface area contributed by atoms with Crippen LogP contribution in [-0.2, 0) is 0 Å². The van der Waals surface area contributed by atoms with Gasteiger partial charge in [-0.25, -0.2) is 0 Å². The number of nitrogens with zero attached hydrogens (tertiary/aromatic N) is 3. The van der Waals surface area contributed by atoms with Crippen LogP contribution >= 0.6 is 0 Å². The van der Waals surface area contributed by atoms with Gasteiger partial charge in [-0.3, -0.25) is 0 Å². The Balaban J connectivity index is 1.93. The summed E-state index contributed by atoms with van der Waals surface area (Å²) in [6.07, 6.45) is 0. The molecule has 0 saturated heterocycles. The van der Waals surface area contributed by atoms with Crippen LogP contribution in [0.5, 0.6) is 5.75 Å². The van der Waals surface area contributed by atoms with Gasteiger partial charge in [0.2, 0.25) is 0 Å². The standard InChI is InChI=1S/C21H17N3O/c1-25-19-15-9-8-14-18(19)24-22-20(16-10-4-2-5-11-16)21(23-24)17-12-6-3-7-13-17/h2-15H,1H3. The second kappa shape index (κ2) is 6.61. The third-order valence-corrected chi connectivity index (χ3v) is 4.01. The van der Waals surface area contributed by atoms with Gasteiger partial charge in [-0.2, -0.15) is 0 Å². The van der Waals surface area contributed by atoms with Gasteiger partial charge in [0.05, 0.1) is 7.11 Å². The Morgan fingerprint density at radius 3 is 1.64 bits per heavy atom. The van der Waals surface area contributed by atoms with Gasteiger partial charge in [0, 0.05) is 11.1 Å². The zero-order chi connectivity index (χ0) is 17.1. The lowest BCUT2D eigenvalue weighted by Crippen LogP contribution is -2.01. The van der Waals surface area contributed by atoms with E-state index < -0.39 is 0 Å². The van der Waals surface area contributed by atoms with Gasteiger partial charge in [-0.05, 0) is 12.1 Å². The largest absolute Gasteiger partial charge is 0.494 e. The molecule has 0 fully saturated rings. The van der Waals surface area contributed by atoms with Crippen LogP contribution in [-0.4, -0.2) is 22.1 Å². The van der Waals surface area contributed by atoms with Gasteiger partial charge >= 0.3 is 0 Å². The molecule has 4 heteroatoms. The van der Waals surface area contributed by atoms with E-state index in [1.54, 1.807) is 11.9 Å². The van der Waals surface area contributed by atoms with Gasteiger partial charge in [-0.15, -0.1) is 15.0 Å². The predicted octanol–water partition coefficient (Wildman–Crippen LogP) is 4.61. The van der Waals surface area contributed by atoms with Crippen molar-refractivity contribution in [2.24, 2.45) is 0 Å². The van der Waals surface area contributed by atoms with Crippen LogP contribution in [0, 0.1) is 0 Å². The smallest absolute Gasteiger partial charge is 0.146 e. The molecule has 122 valence electrons. The summed E-state index contributed by atoms with van der Waals surface area (Å²) in [5, 5.41) is 9.52. The van der Waals surface area contributed by atoms with Crippen molar-refractivity contribution in [1.82, 2.24) is 15.0 Å². The molecular formula is C21H17N3O. The molecule has 0 aliphatic carbocycles. The van der Waals surface area contributed by atoms with E-state index in [9.17, 15) is 0 Å². The van der Waals surface area contributed by atoms with E-state index in [0.29, 0.717) is 0 Å². The highest BCUT2D eigenvalue weighted by Gasteiger charge is 2.17. The highest BCUT2D eigenvalue weighted by Crippen LogP contribution is 2.31. The monoisotopic (exact) mass is 327 g/mol. The lowest BCUT2D eigenvalue weighted by Gasteiger charge is -2.06. The first-order valence-corrected chi connectivity index (χ1v) is 8.08. The van der Waals surface area contributed by atoms with Gasteiger partial charge < -0.3 is 4.74 Å². The molecule has 0 atom stereocenters. The fourth-order valence-corrected chi connectivity index (χ4v) is 2.79. The number of ether oxygens (including phenoxy) is 1. The van der Waals surface area contributed by atoms with E-state index in [2.05, 4.69) is 0 Å². The molecule has 0 saturated carbocycles. The number of benzene rings is 3. The van der Waals surface area contributed by atoms with Crippen molar-refractivity contribution >= 4 is 0 Å². The van der Waals surface area contributed by atoms with E-state index in [1.807, 2.05) is 84.9 Å². The van der Waals surface area contributed by atoms with Crippen LogP contribution in [0.1, 0.15) is 0 Å². The molecule has 0 amide bonds. The van der Waals surface area contributed by atoms with Crippen molar-refractivity contribution in [2.75, 3.05) is 7.11 Å². The molecule has 0 N–H and O–H groups in total. The molecule has 3 aromatic carbocycles. The summed E-state index contributed by atoms with van der Waals surface area (Å²) in [4.78, 5) is 1.64. The van der Waals surface area contributed by atoms with Crippen LogP contribution in [0.3, 0.4) is 0 Å². The molecule has 4 rings (SSSR count). The van der Waals surface area contributed by atoms with Crippen LogP contribution in [0.2, 0.25) is 0 Å². The summed E-state index contributed by atoms with van der Waals surface area (Å²) in [7, 11) is 1.65. The molecule has 4 nitrogen and oxygen atoms in total. The average molecular weight is 327 g/mol. The van der Waals surface area contributed by atoms with E-state index in [0.717, 1.165) is 34.0 Å². The zero-order valence-electron chi connectivity index (χ0n) is 13.8. The Morgan fingerprint density at radius 1 is 0.640 bits per heavy atom. The first-order chi connectivity index (χ1) is 12.4. The van der Waals surface area contributed by atoms with Crippen molar-refractivity contribution in [3.05, 3.63) is 84.9 Å². The quantitative estimate of drug-likeness (QED) is 0.549. The Morgan fingerprint density at radius 2 is 1.12 bits per heavy atom. The van der Waals surface area contributed by atoms with E-state index in [1.165, 1.54) is 0 Å². The second-order valence-corrected chi connectivity index (χ2v) is 5.59. The van der Waals surface area contributed by atoms with Gasteiger partial charge in [0.25, 0.3) is 0 Å². The molecule has 0 aliphatic heterocycles. The third kappa shape index (κ3) is 2.90. The maximum Gasteiger partial charge on any atom is 0.146 e. The van der Waals surface area contributed by atoms with Crippen molar-refractivity contribution < 1.29 is 4.74 Å². The van der Waals surface area contributed by atoms with Crippen LogP contribution in [0.4, 0.5) is 0 Å². The van der Waals surface area contributed by atoms with Gasteiger partial charge in [-0.1, -0.05) is 72.8 Å². The first kappa shape index (κ1) is 15.1. The maximum absolute atomic E-state index is 5.46. The number of hydrogen-bond donors (Lipinski definition) is 0. The molecule has 0 spiro atoms. The predicted molar refractivity (Wildman–Crippen MR) is 98.8 cm³/mol. The number of methoxy groups -OCH3 is 1. The SMILES string of the molecule is COc1ccccc1-n1nc(-c2ccccc2)c(-c2ccccc2)n1. The van der Waals surface area contributed by atoms with Crippen molar-refractivity contribution in [1.29, 1.82) is 0 Å². The number of rotatable bonds is 4. The lowest BCUT2D eigenvalue weighted by molar-refractivity contribution is 0.410. The molecule has 0 aliphatic rings. The molecule has 0 radical (unpaired) electrons. The Kier molecular flexibility index (Phi) is 4.01. The van der Waals surface area contributed by atoms with E-state index >= 15 is 0 Å². The fraction of sp³-hybridized carbons (Fsp3) is 0.0476. The summed E-state index contributed by atoms with van der Waals surface area (Å²) in [5.41, 5.74) is 4.56. The number of hydrogen-bond acceptors (Lipinski definition) is 3. The molecule has 0 unspecified atom stereocenters. The zero-order valence-corrected chi connectivity index (χ0v) is 13.8. The fourth-order valence-electron chi connectivity index (χ4n) is 2.79. The van der Waals surface area contributed by atoms with Crippen molar-refractivity contribution in [3.63, 3.8) is 0 Å². The third-order valence-electron chi connectivity index (χ3n) is 4.01. The van der Waals surface area contributed by atoms with Crippen LogP contribution in [0.15, 0.2) is 84.9 Å². The highest BCUT2D eigenvalue weighted by atomic mass is 16.5. The normalized spacial score (nSPS) is 10.6. The van der Waals surface area contributed by atoms with Crippen LogP contribution < -0.4 is 4.74 Å². The molecule has 4 aromatic rings. The summed E-state index contributed by atoms with van der Waals surface area (Å²) in [6.45, 7) is 0. The summed E-state index contributed by atoms with van der Waals surface area (Å²) < 4.78 is 5.46. The Labute approximate surface area is 146 Å². The first-order valence-electron chi connectivity index (χ1n) is 8.08. The maximum atomic E-state index is 5.46. The van der Waals surface area contributed by atoms with Gasteiger partial charge in [0.1, 0.15) is 22.8 Å². The topological polar surface area (TPSA) is 39.9 Å². The van der Waals surface area contributed by atoms with E-state index in [-0.39, 0.29) is 0 Å². The molecule has 25 heavy (non-hydrogen) atoms. The minimum Gasteiger partial charge on any atom is -0.494 e. The Bertz CT molecular complexity index is 921. The Hall–Kier alpha value is -3.40. The number of para-hydroxylation sites is 2. The number of aromatic nitrogens is 3. The molecule has 0 bridgehead atoms. The minimum absolute atomic E-state index is 0.733. The summed E-state index contributed by atoms with van der Waals surface area (Å²) in [5.74, 6) is 0.733. The van der Waals surface area contributed by atoms with Gasteiger partial charge in [0.15, 0.2) is 0 Å². The van der Waals surface area contributed by atoms with Crippen molar-refractivity contribution in [3.8, 4) is 34.0 Å². The van der Waals surface area contributed by atoms with E-state index in [4.69, 9.17) is 14.9 Å². The van der Waals surface area contributed by atoms with Crippen LogP contribution in [0.25, 0.3) is 28.2 Å². The second-order valence-electron chi connectivity index (χ2n) is 5.59. The average Bonchev–Trinajstić information content (AvgIpc) is 3.14. The summed E-state index contributed by atoms with van der Waals surface area (Å²) in [6, 6.07) is 27.9. The lowest BCUT2D eigenvalue weighted by atomic mass is 10.1.